The molecule has 12 heteroatoms. The molecule has 128 valence electrons. The zero-order chi connectivity index (χ0) is 18.0. The maximum Gasteiger partial charge on any atom is 0.292 e. The van der Waals surface area contributed by atoms with E-state index in [0.717, 1.165) is 4.68 Å². The van der Waals surface area contributed by atoms with Gasteiger partial charge >= 0.3 is 0 Å². The van der Waals surface area contributed by atoms with Crippen LogP contribution in [0.5, 0.6) is 0 Å². The van der Waals surface area contributed by atoms with Crippen LogP contribution >= 0.6 is 23.2 Å². The highest BCUT2D eigenvalue weighted by Crippen LogP contribution is 2.21. The summed E-state index contributed by atoms with van der Waals surface area (Å²) in [4.78, 5) is 12.4. The molecule has 0 aliphatic rings. The Morgan fingerprint density at radius 3 is 2.84 bits per heavy atom. The second-order valence-corrected chi connectivity index (χ2v) is 5.60. The lowest BCUT2D eigenvalue weighted by Crippen LogP contribution is -2.22. The number of carbonyl (C=O) groups excluding carboxylic acids is 1. The van der Waals surface area contributed by atoms with E-state index in [1.807, 2.05) is 0 Å². The zero-order valence-corrected chi connectivity index (χ0v) is 14.2. The smallest absolute Gasteiger partial charge is 0.292 e. The lowest BCUT2D eigenvalue weighted by molar-refractivity contribution is 0.0946. The van der Waals surface area contributed by atoms with Gasteiger partial charge in [-0.15, -0.1) is 5.10 Å². The number of rotatable bonds is 4. The Morgan fingerprint density at radius 2 is 2.16 bits per heavy atom. The fourth-order valence-corrected chi connectivity index (χ4v) is 2.22. The average Bonchev–Trinajstić information content (AvgIpc) is 3.16. The van der Waals surface area contributed by atoms with Crippen molar-refractivity contribution in [3.63, 3.8) is 0 Å². The molecule has 10 nitrogen and oxygen atoms in total. The molecule has 0 atom stereocenters. The number of nitrogens with two attached hydrogens (primary N) is 1. The molecule has 3 rings (SSSR count). The largest absolute Gasteiger partial charge is 0.378 e. The number of carbonyl (C=O) groups is 1. The molecule has 0 radical (unpaired) electrons. The third kappa shape index (κ3) is 3.44. The van der Waals surface area contributed by atoms with Gasteiger partial charge in [0.2, 0.25) is 11.6 Å². The van der Waals surface area contributed by atoms with Crippen LogP contribution in [0.2, 0.25) is 10.0 Å². The summed E-state index contributed by atoms with van der Waals surface area (Å²) in [5.41, 5.74) is 9.08. The van der Waals surface area contributed by atoms with Crippen LogP contribution in [0.3, 0.4) is 0 Å². The fourth-order valence-electron chi connectivity index (χ4n) is 1.91. The Hall–Kier alpha value is -2.98. The van der Waals surface area contributed by atoms with Gasteiger partial charge in [0.05, 0.1) is 22.0 Å². The average molecular weight is 381 g/mol. The van der Waals surface area contributed by atoms with Crippen molar-refractivity contribution in [1.29, 1.82) is 0 Å². The molecule has 0 bridgehead atoms. The number of hydrogen-bond acceptors (Lipinski definition) is 8. The van der Waals surface area contributed by atoms with Gasteiger partial charge in [0, 0.05) is 0 Å². The molecular weight excluding hydrogens is 371 g/mol. The molecule has 2 aromatic heterocycles. The van der Waals surface area contributed by atoms with Gasteiger partial charge in [0.25, 0.3) is 5.91 Å². The molecule has 3 N–H and O–H groups in total. The molecule has 1 aromatic carbocycles. The summed E-state index contributed by atoms with van der Waals surface area (Å²) in [5.74, 6) is -0.543. The van der Waals surface area contributed by atoms with Crippen molar-refractivity contribution in [3.05, 3.63) is 45.2 Å². The van der Waals surface area contributed by atoms with Crippen LogP contribution in [0, 0.1) is 6.92 Å². The van der Waals surface area contributed by atoms with Crippen LogP contribution in [0.1, 0.15) is 21.7 Å². The van der Waals surface area contributed by atoms with Crippen LogP contribution in [-0.2, 0) is 0 Å². The number of halogens is 2. The molecule has 2 heterocycles. The number of anilines is 1. The number of hydrogen-bond donors (Lipinski definition) is 2. The lowest BCUT2D eigenvalue weighted by atomic mass is 10.2. The topological polar surface area (TPSA) is 137 Å². The third-order valence-corrected chi connectivity index (χ3v) is 3.81. The molecule has 0 saturated carbocycles. The summed E-state index contributed by atoms with van der Waals surface area (Å²) in [5, 5.41) is 19.3. The van der Waals surface area contributed by atoms with E-state index in [9.17, 15) is 4.79 Å². The Balaban J connectivity index is 1.80. The Labute approximate surface area is 150 Å². The van der Waals surface area contributed by atoms with Crippen molar-refractivity contribution >= 4 is 41.1 Å². The molecule has 0 spiro atoms. The van der Waals surface area contributed by atoms with Crippen LogP contribution in [-0.4, -0.2) is 37.4 Å². The SMILES string of the molecule is Cc1nnn(-c2nonc2N)c1C(=O)NN=Cc1ccc(Cl)c(Cl)c1. The normalized spacial score (nSPS) is 11.2. The number of benzene rings is 1. The van der Waals surface area contributed by atoms with E-state index in [-0.39, 0.29) is 17.3 Å². The van der Waals surface area contributed by atoms with Crippen molar-refractivity contribution in [3.8, 4) is 5.82 Å². The molecule has 3 aromatic rings. The van der Waals surface area contributed by atoms with E-state index < -0.39 is 5.91 Å². The number of nitrogens with zero attached hydrogens (tertiary/aromatic N) is 6. The number of nitrogens with one attached hydrogen (secondary N) is 1. The van der Waals surface area contributed by atoms with Crippen molar-refractivity contribution in [2.24, 2.45) is 5.10 Å². The van der Waals surface area contributed by atoms with E-state index in [2.05, 4.69) is 35.8 Å². The standard InChI is InChI=1S/C13H10Cl2N8O2/c1-6-10(23(22-18-6)12-11(16)20-25-21-12)13(24)19-17-5-7-2-3-8(14)9(15)4-7/h2-5H,1H3,(H2,16,20)(H,19,24). The van der Waals surface area contributed by atoms with Gasteiger partial charge in [-0.2, -0.15) is 9.78 Å². The minimum atomic E-state index is -0.568. The quantitative estimate of drug-likeness (QED) is 0.517. The number of hydrazone groups is 1. The number of aryl methyl sites for hydroxylation is 1. The summed E-state index contributed by atoms with van der Waals surface area (Å²) < 4.78 is 5.62. The van der Waals surface area contributed by atoms with Crippen LogP contribution in [0.15, 0.2) is 27.9 Å². The van der Waals surface area contributed by atoms with Gasteiger partial charge in [-0.3, -0.25) is 4.79 Å². The zero-order valence-electron chi connectivity index (χ0n) is 12.6. The van der Waals surface area contributed by atoms with E-state index in [1.165, 1.54) is 6.21 Å². The molecule has 25 heavy (non-hydrogen) atoms. The lowest BCUT2D eigenvalue weighted by Gasteiger charge is -2.02. The number of nitrogen functional groups attached to an aromatic ring is 1. The summed E-state index contributed by atoms with van der Waals surface area (Å²) in [6.07, 6.45) is 1.41. The third-order valence-electron chi connectivity index (χ3n) is 3.07. The van der Waals surface area contributed by atoms with Crippen molar-refractivity contribution in [2.45, 2.75) is 6.92 Å². The van der Waals surface area contributed by atoms with Gasteiger partial charge in [0.15, 0.2) is 5.69 Å². The number of amides is 1. The van der Waals surface area contributed by atoms with Crippen molar-refractivity contribution < 1.29 is 9.42 Å². The first-order chi connectivity index (χ1) is 12.0. The molecule has 0 fully saturated rings. The minimum absolute atomic E-state index is 0.0294. The second kappa shape index (κ2) is 6.87. The van der Waals surface area contributed by atoms with Crippen LogP contribution in [0.4, 0.5) is 5.82 Å². The predicted molar refractivity (Wildman–Crippen MR) is 89.9 cm³/mol. The number of aromatic nitrogens is 5. The van der Waals surface area contributed by atoms with E-state index in [1.54, 1.807) is 25.1 Å². The molecule has 0 aliphatic carbocycles. The minimum Gasteiger partial charge on any atom is -0.378 e. The highest BCUT2D eigenvalue weighted by Gasteiger charge is 2.22. The van der Waals surface area contributed by atoms with Crippen molar-refractivity contribution in [1.82, 2.24) is 30.7 Å². The van der Waals surface area contributed by atoms with Gasteiger partial charge in [-0.25, -0.2) is 10.1 Å². The predicted octanol–water partition coefficient (Wildman–Crippen LogP) is 1.61. The molecular formula is C13H10Cl2N8O2. The molecule has 0 aliphatic heterocycles. The Kier molecular flexibility index (Phi) is 4.63. The van der Waals surface area contributed by atoms with E-state index in [0.29, 0.717) is 21.3 Å². The first-order valence-corrected chi connectivity index (χ1v) is 7.52. The van der Waals surface area contributed by atoms with Gasteiger partial charge in [-0.1, -0.05) is 34.5 Å². The molecule has 0 unspecified atom stereocenters. The summed E-state index contributed by atoms with van der Waals surface area (Å²) in [6.45, 7) is 1.60. The van der Waals surface area contributed by atoms with Gasteiger partial charge in [-0.05, 0) is 34.9 Å². The first kappa shape index (κ1) is 16.9. The highest BCUT2D eigenvalue weighted by molar-refractivity contribution is 6.42. The monoisotopic (exact) mass is 380 g/mol. The molecule has 0 saturated heterocycles. The van der Waals surface area contributed by atoms with Crippen molar-refractivity contribution in [2.75, 3.05) is 5.73 Å². The van der Waals surface area contributed by atoms with Crippen LogP contribution in [0.25, 0.3) is 5.82 Å². The Morgan fingerprint density at radius 1 is 1.36 bits per heavy atom. The Bertz CT molecular complexity index is 965. The van der Waals surface area contributed by atoms with Crippen LogP contribution < -0.4 is 11.2 Å². The maximum absolute atomic E-state index is 12.4. The highest BCUT2D eigenvalue weighted by atomic mass is 35.5. The summed E-state index contributed by atoms with van der Waals surface area (Å²) in [6, 6.07) is 4.93. The van der Waals surface area contributed by atoms with E-state index in [4.69, 9.17) is 28.9 Å². The van der Waals surface area contributed by atoms with Gasteiger partial charge in [0.1, 0.15) is 0 Å². The fraction of sp³-hybridized carbons (Fsp3) is 0.0769. The summed E-state index contributed by atoms with van der Waals surface area (Å²) >= 11 is 11.8. The second-order valence-electron chi connectivity index (χ2n) is 4.78. The van der Waals surface area contributed by atoms with E-state index >= 15 is 0 Å². The summed E-state index contributed by atoms with van der Waals surface area (Å²) in [7, 11) is 0. The van der Waals surface area contributed by atoms with Gasteiger partial charge < -0.3 is 5.73 Å². The first-order valence-electron chi connectivity index (χ1n) is 6.76. The molecule has 1 amide bonds. The maximum atomic E-state index is 12.4.